The maximum absolute atomic E-state index is 6.29. The first kappa shape index (κ1) is 16.8. The molecule has 0 fully saturated rings. The van der Waals surface area contributed by atoms with Crippen LogP contribution in [0.4, 0.5) is 0 Å². The molecule has 1 aromatic heterocycles. The van der Waals surface area contributed by atoms with Gasteiger partial charge in [-0.05, 0) is 44.4 Å². The molecule has 2 heterocycles. The van der Waals surface area contributed by atoms with Gasteiger partial charge in [-0.3, -0.25) is 0 Å². The Hall–Kier alpha value is -2.01. The summed E-state index contributed by atoms with van der Waals surface area (Å²) in [7, 11) is 0. The highest BCUT2D eigenvalue weighted by molar-refractivity contribution is 6.32. The van der Waals surface area contributed by atoms with Crippen LogP contribution in [-0.4, -0.2) is 24.1 Å². The minimum atomic E-state index is 0.610. The molecule has 0 aliphatic carbocycles. The highest BCUT2D eigenvalue weighted by Gasteiger charge is 2.12. The van der Waals surface area contributed by atoms with Gasteiger partial charge >= 0.3 is 0 Å². The van der Waals surface area contributed by atoms with E-state index >= 15 is 0 Å². The zero-order chi connectivity index (χ0) is 16.8. The number of ether oxygens (including phenoxy) is 1. The molecular formula is C18H21ClN2O3. The van der Waals surface area contributed by atoms with E-state index in [0.29, 0.717) is 24.0 Å². The molecule has 5 nitrogen and oxygen atoms in total. The number of nitrogens with zero attached hydrogens (tertiary/aromatic N) is 2. The number of hydrogen-bond donors (Lipinski definition) is 0. The lowest BCUT2D eigenvalue weighted by Crippen LogP contribution is -2.01. The molecule has 0 radical (unpaired) electrons. The maximum atomic E-state index is 6.29. The molecule has 128 valence electrons. The van der Waals surface area contributed by atoms with Crippen LogP contribution >= 0.6 is 11.6 Å². The largest absolute Gasteiger partial charge is 0.492 e. The van der Waals surface area contributed by atoms with Crippen molar-refractivity contribution < 1.29 is 14.1 Å². The summed E-state index contributed by atoms with van der Waals surface area (Å²) in [5.41, 5.74) is 2.86. The van der Waals surface area contributed by atoms with E-state index in [1.54, 1.807) is 0 Å². The van der Waals surface area contributed by atoms with Crippen molar-refractivity contribution in [3.8, 4) is 5.75 Å². The molecule has 1 aromatic carbocycles. The van der Waals surface area contributed by atoms with Gasteiger partial charge in [0.05, 0.1) is 23.0 Å². The smallest absolute Gasteiger partial charge is 0.137 e. The highest BCUT2D eigenvalue weighted by atomic mass is 35.5. The van der Waals surface area contributed by atoms with Crippen LogP contribution in [0.25, 0.3) is 0 Å². The van der Waals surface area contributed by atoms with Crippen LogP contribution in [-0.2, 0) is 11.3 Å². The van der Waals surface area contributed by atoms with E-state index in [-0.39, 0.29) is 0 Å². The summed E-state index contributed by atoms with van der Waals surface area (Å²) in [6, 6.07) is 7.74. The van der Waals surface area contributed by atoms with Crippen molar-refractivity contribution in [1.82, 2.24) is 5.16 Å². The average Bonchev–Trinajstić information content (AvgIpc) is 3.23. The number of hydrogen-bond acceptors (Lipinski definition) is 5. The van der Waals surface area contributed by atoms with Crippen molar-refractivity contribution >= 4 is 17.3 Å². The van der Waals surface area contributed by atoms with Crippen LogP contribution in [0.1, 0.15) is 42.7 Å². The van der Waals surface area contributed by atoms with E-state index < -0.39 is 0 Å². The van der Waals surface area contributed by atoms with E-state index in [1.165, 1.54) is 0 Å². The maximum Gasteiger partial charge on any atom is 0.137 e. The third kappa shape index (κ3) is 4.51. The van der Waals surface area contributed by atoms with Crippen molar-refractivity contribution in [3.63, 3.8) is 0 Å². The zero-order valence-electron chi connectivity index (χ0n) is 13.8. The SMILES string of the molecule is Cc1cc(CCCCCOc2ccc(C3=NOCC3)cc2Cl)on1. The Bertz CT molecular complexity index is 712. The van der Waals surface area contributed by atoms with Crippen LogP contribution in [0.15, 0.2) is 33.9 Å². The average molecular weight is 349 g/mol. The second kappa shape index (κ2) is 8.20. The number of aromatic nitrogens is 1. The molecule has 1 aliphatic rings. The molecule has 0 atom stereocenters. The van der Waals surface area contributed by atoms with E-state index in [2.05, 4.69) is 10.3 Å². The summed E-state index contributed by atoms with van der Waals surface area (Å²) in [5, 5.41) is 8.50. The topological polar surface area (TPSA) is 56.9 Å². The first-order valence-corrected chi connectivity index (χ1v) is 8.64. The van der Waals surface area contributed by atoms with Gasteiger partial charge in [0.2, 0.25) is 0 Å². The van der Waals surface area contributed by atoms with Crippen LogP contribution in [0.2, 0.25) is 5.02 Å². The molecule has 0 amide bonds. The van der Waals surface area contributed by atoms with Crippen molar-refractivity contribution in [3.05, 3.63) is 46.3 Å². The lowest BCUT2D eigenvalue weighted by atomic mass is 10.1. The van der Waals surface area contributed by atoms with Gasteiger partial charge in [0.15, 0.2) is 0 Å². The summed E-state index contributed by atoms with van der Waals surface area (Å²) in [6.07, 6.45) is 4.85. The number of halogens is 1. The van der Waals surface area contributed by atoms with Gasteiger partial charge in [-0.2, -0.15) is 0 Å². The number of aryl methyl sites for hydroxylation is 2. The molecule has 6 heteroatoms. The van der Waals surface area contributed by atoms with Crippen molar-refractivity contribution in [2.75, 3.05) is 13.2 Å². The van der Waals surface area contributed by atoms with Crippen LogP contribution < -0.4 is 4.74 Å². The number of benzene rings is 1. The molecule has 0 spiro atoms. The van der Waals surface area contributed by atoms with Gasteiger partial charge in [-0.15, -0.1) is 0 Å². The highest BCUT2D eigenvalue weighted by Crippen LogP contribution is 2.27. The molecule has 2 aromatic rings. The molecule has 0 unspecified atom stereocenters. The molecule has 24 heavy (non-hydrogen) atoms. The predicted octanol–water partition coefficient (Wildman–Crippen LogP) is 4.55. The molecular weight excluding hydrogens is 328 g/mol. The van der Waals surface area contributed by atoms with E-state index in [4.69, 9.17) is 25.7 Å². The number of rotatable bonds is 8. The fourth-order valence-electron chi connectivity index (χ4n) is 2.60. The third-order valence-electron chi connectivity index (χ3n) is 3.87. The van der Waals surface area contributed by atoms with Gasteiger partial charge < -0.3 is 14.1 Å². The monoisotopic (exact) mass is 348 g/mol. The Morgan fingerprint density at radius 1 is 1.21 bits per heavy atom. The first-order valence-electron chi connectivity index (χ1n) is 8.26. The quantitative estimate of drug-likeness (QED) is 0.656. The van der Waals surface area contributed by atoms with Crippen LogP contribution in [0.3, 0.4) is 0 Å². The Kier molecular flexibility index (Phi) is 5.75. The Balaban J connectivity index is 1.38. The lowest BCUT2D eigenvalue weighted by molar-refractivity contribution is 0.174. The zero-order valence-corrected chi connectivity index (χ0v) is 14.5. The van der Waals surface area contributed by atoms with E-state index in [9.17, 15) is 0 Å². The van der Waals surface area contributed by atoms with Gasteiger partial charge in [-0.25, -0.2) is 0 Å². The third-order valence-corrected chi connectivity index (χ3v) is 4.17. The van der Waals surface area contributed by atoms with Crippen molar-refractivity contribution in [1.29, 1.82) is 0 Å². The Morgan fingerprint density at radius 2 is 2.12 bits per heavy atom. The summed E-state index contributed by atoms with van der Waals surface area (Å²) < 4.78 is 11.0. The molecule has 0 saturated heterocycles. The second-order valence-corrected chi connectivity index (χ2v) is 6.27. The predicted molar refractivity (Wildman–Crippen MR) is 92.8 cm³/mol. The van der Waals surface area contributed by atoms with Crippen LogP contribution in [0.5, 0.6) is 5.75 Å². The fraction of sp³-hybridized carbons (Fsp3) is 0.444. The fourth-order valence-corrected chi connectivity index (χ4v) is 2.84. The van der Waals surface area contributed by atoms with Gasteiger partial charge in [-0.1, -0.05) is 21.9 Å². The molecule has 0 N–H and O–H groups in total. The number of unbranched alkanes of at least 4 members (excludes halogenated alkanes) is 2. The van der Waals surface area contributed by atoms with Gasteiger partial charge in [0, 0.05) is 24.5 Å². The van der Waals surface area contributed by atoms with Crippen LogP contribution in [0, 0.1) is 6.92 Å². The summed E-state index contributed by atoms with van der Waals surface area (Å²) >= 11 is 6.29. The Labute approximate surface area is 146 Å². The minimum absolute atomic E-state index is 0.610. The van der Waals surface area contributed by atoms with Crippen molar-refractivity contribution in [2.45, 2.75) is 39.0 Å². The molecule has 0 bridgehead atoms. The van der Waals surface area contributed by atoms with Crippen molar-refractivity contribution in [2.24, 2.45) is 5.16 Å². The second-order valence-electron chi connectivity index (χ2n) is 5.86. The van der Waals surface area contributed by atoms with Gasteiger partial charge in [0.25, 0.3) is 0 Å². The molecule has 1 aliphatic heterocycles. The van der Waals surface area contributed by atoms with E-state index in [0.717, 1.165) is 54.8 Å². The summed E-state index contributed by atoms with van der Waals surface area (Å²) in [5.74, 6) is 1.66. The molecule has 0 saturated carbocycles. The van der Waals surface area contributed by atoms with E-state index in [1.807, 2.05) is 31.2 Å². The first-order chi connectivity index (χ1) is 11.7. The Morgan fingerprint density at radius 3 is 2.83 bits per heavy atom. The number of oxime groups is 1. The summed E-state index contributed by atoms with van der Waals surface area (Å²) in [4.78, 5) is 5.02. The normalized spacial score (nSPS) is 13.7. The molecule has 3 rings (SSSR count). The lowest BCUT2D eigenvalue weighted by Gasteiger charge is -2.09. The van der Waals surface area contributed by atoms with Gasteiger partial charge in [0.1, 0.15) is 18.1 Å². The standard InChI is InChI=1S/C18H21ClN2O3/c1-13-11-15(24-20-13)5-3-2-4-9-22-18-7-6-14(12-16(18)19)17-8-10-23-21-17/h6-7,11-12H,2-5,8-10H2,1H3. The summed E-state index contributed by atoms with van der Waals surface area (Å²) in [6.45, 7) is 3.22. The minimum Gasteiger partial charge on any atom is -0.492 e.